The number of halogens is 3. The van der Waals surface area contributed by atoms with E-state index in [1.165, 1.54) is 40.7 Å². The highest BCUT2D eigenvalue weighted by Gasteiger charge is 2.38. The highest BCUT2D eigenvalue weighted by molar-refractivity contribution is 7.89. The number of alkyl halides is 3. The van der Waals surface area contributed by atoms with Gasteiger partial charge < -0.3 is 10.1 Å². The topological polar surface area (TPSA) is 88.6 Å². The van der Waals surface area contributed by atoms with Crippen LogP contribution in [0.15, 0.2) is 58.8 Å². The molecule has 0 bridgehead atoms. The molecule has 1 N–H and O–H groups in total. The van der Waals surface area contributed by atoms with Crippen molar-refractivity contribution in [1.82, 2.24) is 9.29 Å². The Balaban J connectivity index is 1.48. The average Bonchev–Trinajstić information content (AvgIpc) is 3.27. The normalized spacial score (nSPS) is 17.2. The van der Waals surface area contributed by atoms with Gasteiger partial charge in [-0.2, -0.15) is 4.31 Å². The van der Waals surface area contributed by atoms with Crippen molar-refractivity contribution in [3.05, 3.63) is 59.5 Å². The molecule has 0 spiro atoms. The summed E-state index contributed by atoms with van der Waals surface area (Å²) in [5.74, 6) is -0.826. The third-order valence-corrected chi connectivity index (χ3v) is 8.18. The minimum Gasteiger partial charge on any atom is -0.406 e. The molecule has 0 unspecified atom stereocenters. The molecule has 1 saturated heterocycles. The molecule has 186 valence electrons. The Morgan fingerprint density at radius 2 is 1.80 bits per heavy atom. The van der Waals surface area contributed by atoms with E-state index in [9.17, 15) is 26.4 Å². The lowest BCUT2D eigenvalue weighted by molar-refractivity contribution is -0.274. The number of aryl methyl sites for hydroxylation is 1. The number of carbonyl (C=O) groups is 1. The fourth-order valence-corrected chi connectivity index (χ4v) is 6.16. The zero-order valence-corrected chi connectivity index (χ0v) is 20.2. The molecular weight excluding hydrogens is 503 g/mol. The Morgan fingerprint density at radius 3 is 2.46 bits per heavy atom. The van der Waals surface area contributed by atoms with E-state index in [4.69, 9.17) is 0 Å². The molecule has 1 aliphatic heterocycles. The van der Waals surface area contributed by atoms with Gasteiger partial charge in [0.2, 0.25) is 15.9 Å². The van der Waals surface area contributed by atoms with Gasteiger partial charge in [0.05, 0.1) is 10.6 Å². The van der Waals surface area contributed by atoms with Crippen molar-refractivity contribution in [3.8, 4) is 17.0 Å². The average molecular weight is 526 g/mol. The Hall–Kier alpha value is -2.96. The summed E-state index contributed by atoms with van der Waals surface area (Å²) in [7, 11) is -3.86. The predicted octanol–water partition coefficient (Wildman–Crippen LogP) is 5.20. The number of ether oxygens (including phenoxy) is 1. The van der Waals surface area contributed by atoms with Crippen LogP contribution in [-0.4, -0.2) is 42.6 Å². The van der Waals surface area contributed by atoms with Crippen molar-refractivity contribution in [3.63, 3.8) is 0 Å². The van der Waals surface area contributed by atoms with Crippen LogP contribution in [0.1, 0.15) is 24.8 Å². The molecule has 1 fully saturated rings. The molecule has 0 saturated carbocycles. The second-order valence-electron chi connectivity index (χ2n) is 8.04. The summed E-state index contributed by atoms with van der Waals surface area (Å²) in [5.41, 5.74) is 1.92. The lowest BCUT2D eigenvalue weighted by Crippen LogP contribution is -2.49. The van der Waals surface area contributed by atoms with E-state index in [1.807, 2.05) is 6.92 Å². The second-order valence-corrected chi connectivity index (χ2v) is 10.8. The van der Waals surface area contributed by atoms with Crippen LogP contribution in [0.4, 0.5) is 18.3 Å². The molecule has 0 aliphatic carbocycles. The smallest absolute Gasteiger partial charge is 0.406 e. The third kappa shape index (κ3) is 6.00. The van der Waals surface area contributed by atoms with E-state index in [1.54, 1.807) is 17.5 Å². The van der Waals surface area contributed by atoms with Crippen molar-refractivity contribution < 1.29 is 31.1 Å². The number of piperidine rings is 1. The number of amides is 1. The largest absolute Gasteiger partial charge is 0.573 e. The first-order chi connectivity index (χ1) is 16.5. The van der Waals surface area contributed by atoms with E-state index in [-0.39, 0.29) is 22.3 Å². The van der Waals surface area contributed by atoms with Gasteiger partial charge in [-0.3, -0.25) is 4.79 Å². The highest BCUT2D eigenvalue weighted by atomic mass is 32.2. The molecule has 1 amide bonds. The van der Waals surface area contributed by atoms with Crippen molar-refractivity contribution in [2.45, 2.75) is 43.5 Å². The third-order valence-electron chi connectivity index (χ3n) is 5.50. The van der Waals surface area contributed by atoms with Gasteiger partial charge in [-0.1, -0.05) is 24.1 Å². The fraction of sp³-hybridized carbons (Fsp3) is 0.304. The lowest BCUT2D eigenvalue weighted by Gasteiger charge is -2.33. The maximum absolute atomic E-state index is 13.2. The van der Waals surface area contributed by atoms with Crippen LogP contribution in [0.2, 0.25) is 0 Å². The van der Waals surface area contributed by atoms with Crippen molar-refractivity contribution in [2.24, 2.45) is 0 Å². The fourth-order valence-electron chi connectivity index (χ4n) is 3.78. The van der Waals surface area contributed by atoms with E-state index in [0.717, 1.165) is 16.9 Å². The molecule has 12 heteroatoms. The van der Waals surface area contributed by atoms with Gasteiger partial charge in [0.15, 0.2) is 5.13 Å². The first-order valence-corrected chi connectivity index (χ1v) is 13.1. The van der Waals surface area contributed by atoms with E-state index in [0.29, 0.717) is 30.5 Å². The molecule has 4 rings (SSSR count). The highest BCUT2D eigenvalue weighted by Crippen LogP contribution is 2.30. The molecule has 7 nitrogen and oxygen atoms in total. The van der Waals surface area contributed by atoms with E-state index >= 15 is 0 Å². The zero-order chi connectivity index (χ0) is 25.2. The minimum absolute atomic E-state index is 0.136. The maximum atomic E-state index is 13.2. The molecule has 0 radical (unpaired) electrons. The summed E-state index contributed by atoms with van der Waals surface area (Å²) < 4.78 is 68.6. The SMILES string of the molecule is Cc1ccc(S(=O)(=O)N2CCCC[C@@H]2C(=O)Nc2nc(-c3ccc(OC(F)(F)F)cc3)cs2)cc1. The van der Waals surface area contributed by atoms with Gasteiger partial charge >= 0.3 is 6.36 Å². The summed E-state index contributed by atoms with van der Waals surface area (Å²) in [6.07, 6.45) is -3.02. The maximum Gasteiger partial charge on any atom is 0.573 e. The van der Waals surface area contributed by atoms with E-state index in [2.05, 4.69) is 15.0 Å². The monoisotopic (exact) mass is 525 g/mol. The summed E-state index contributed by atoms with van der Waals surface area (Å²) >= 11 is 1.14. The van der Waals surface area contributed by atoms with Crippen LogP contribution in [0, 0.1) is 6.92 Å². The molecular formula is C23H22F3N3O4S2. The number of aromatic nitrogens is 1. The van der Waals surface area contributed by atoms with Gasteiger partial charge in [0.1, 0.15) is 11.8 Å². The molecule has 1 aromatic heterocycles. The number of sulfonamides is 1. The molecule has 2 aromatic carbocycles. The van der Waals surface area contributed by atoms with Crippen molar-refractivity contribution in [2.75, 3.05) is 11.9 Å². The molecule has 1 atom stereocenters. The van der Waals surface area contributed by atoms with Crippen LogP contribution in [0.5, 0.6) is 5.75 Å². The summed E-state index contributed by atoms with van der Waals surface area (Å²) in [4.78, 5) is 17.5. The Kier molecular flexibility index (Phi) is 7.15. The van der Waals surface area contributed by atoms with Gasteiger partial charge in [-0.05, 0) is 56.2 Å². The number of rotatable bonds is 6. The van der Waals surface area contributed by atoms with Crippen LogP contribution in [0.25, 0.3) is 11.3 Å². The van der Waals surface area contributed by atoms with Crippen LogP contribution in [0.3, 0.4) is 0 Å². The number of thiazole rings is 1. The van der Waals surface area contributed by atoms with Crippen molar-refractivity contribution >= 4 is 32.4 Å². The van der Waals surface area contributed by atoms with Crippen LogP contribution < -0.4 is 10.1 Å². The van der Waals surface area contributed by atoms with Gasteiger partial charge in [0, 0.05) is 17.5 Å². The standard InChI is InChI=1S/C23H22F3N3O4S2/c1-15-5-11-18(12-6-15)35(31,32)29-13-3-2-4-20(29)21(30)28-22-27-19(14-34-22)16-7-9-17(10-8-16)33-23(24,25)26/h5-12,14,20H,2-4,13H2,1H3,(H,27,28,30)/t20-/m1/s1. The number of benzene rings is 2. The summed E-state index contributed by atoms with van der Waals surface area (Å²) in [6, 6.07) is 10.8. The first kappa shape index (κ1) is 25.1. The van der Waals surface area contributed by atoms with Gasteiger partial charge in [0.25, 0.3) is 0 Å². The second kappa shape index (κ2) is 9.96. The summed E-state index contributed by atoms with van der Waals surface area (Å²) in [5, 5.41) is 4.61. The Morgan fingerprint density at radius 1 is 1.11 bits per heavy atom. The van der Waals surface area contributed by atoms with E-state index < -0.39 is 28.3 Å². The quantitative estimate of drug-likeness (QED) is 0.478. The minimum atomic E-state index is -4.78. The number of hydrogen-bond donors (Lipinski definition) is 1. The van der Waals surface area contributed by atoms with Crippen LogP contribution in [-0.2, 0) is 14.8 Å². The number of carbonyl (C=O) groups excluding carboxylic acids is 1. The molecule has 2 heterocycles. The number of anilines is 1. The molecule has 35 heavy (non-hydrogen) atoms. The summed E-state index contributed by atoms with van der Waals surface area (Å²) in [6.45, 7) is 2.10. The number of hydrogen-bond acceptors (Lipinski definition) is 6. The van der Waals surface area contributed by atoms with Crippen LogP contribution >= 0.6 is 11.3 Å². The lowest BCUT2D eigenvalue weighted by atomic mass is 10.0. The Bertz CT molecular complexity index is 1290. The van der Waals surface area contributed by atoms with Crippen molar-refractivity contribution in [1.29, 1.82) is 0 Å². The van der Waals surface area contributed by atoms with Gasteiger partial charge in [-0.25, -0.2) is 13.4 Å². The molecule has 3 aromatic rings. The predicted molar refractivity (Wildman–Crippen MR) is 126 cm³/mol. The Labute approximate surface area is 204 Å². The number of nitrogens with zero attached hydrogens (tertiary/aromatic N) is 2. The zero-order valence-electron chi connectivity index (χ0n) is 18.6. The van der Waals surface area contributed by atoms with Gasteiger partial charge in [-0.15, -0.1) is 24.5 Å². The molecule has 1 aliphatic rings. The first-order valence-electron chi connectivity index (χ1n) is 10.7. The number of nitrogens with one attached hydrogen (secondary N) is 1.